The molecule has 0 saturated carbocycles. The van der Waals surface area contributed by atoms with Gasteiger partial charge in [0.05, 0.1) is 22.3 Å². The minimum absolute atomic E-state index is 0.0639. The Morgan fingerprint density at radius 3 is 2.52 bits per heavy atom. The van der Waals surface area contributed by atoms with Gasteiger partial charge in [0, 0.05) is 19.8 Å². The molecule has 0 saturated heterocycles. The van der Waals surface area contributed by atoms with Gasteiger partial charge in [0.25, 0.3) is 5.56 Å². The van der Waals surface area contributed by atoms with Crippen molar-refractivity contribution in [2.45, 2.75) is 25.4 Å². The molecule has 3 aromatic rings. The maximum Gasteiger partial charge on any atom is 0.266 e. The molecule has 0 amide bonds. The Bertz CT molecular complexity index is 1200. The van der Waals surface area contributed by atoms with Crippen LogP contribution in [0.2, 0.25) is 0 Å². The molecule has 154 valence electrons. The summed E-state index contributed by atoms with van der Waals surface area (Å²) < 4.78 is 26.8. The van der Waals surface area contributed by atoms with Crippen LogP contribution >= 0.6 is 11.8 Å². The highest BCUT2D eigenvalue weighted by Crippen LogP contribution is 2.24. The summed E-state index contributed by atoms with van der Waals surface area (Å²) in [5, 5.41) is 1.13. The van der Waals surface area contributed by atoms with Gasteiger partial charge >= 0.3 is 0 Å². The number of para-hydroxylation sites is 1. The molecule has 0 N–H and O–H groups in total. The fourth-order valence-corrected chi connectivity index (χ4v) is 5.07. The SMILES string of the molecule is Cc1ccc(-n2c(SCCCS(=O)(=O)N(C)C)nc3ccccc3c2=O)c(C)c1. The lowest BCUT2D eigenvalue weighted by molar-refractivity contribution is 0.520. The van der Waals surface area contributed by atoms with Crippen LogP contribution < -0.4 is 5.56 Å². The highest BCUT2D eigenvalue weighted by atomic mass is 32.2. The quantitative estimate of drug-likeness (QED) is 0.326. The zero-order valence-electron chi connectivity index (χ0n) is 17.0. The summed E-state index contributed by atoms with van der Waals surface area (Å²) in [4.78, 5) is 18.0. The zero-order valence-corrected chi connectivity index (χ0v) is 18.7. The lowest BCUT2D eigenvalue weighted by Crippen LogP contribution is -2.25. The Labute approximate surface area is 175 Å². The molecule has 0 aliphatic heterocycles. The third-order valence-corrected chi connectivity index (χ3v) is 7.61. The third-order valence-electron chi connectivity index (χ3n) is 4.67. The van der Waals surface area contributed by atoms with Crippen LogP contribution in [0.4, 0.5) is 0 Å². The van der Waals surface area contributed by atoms with Crippen LogP contribution in [0.5, 0.6) is 0 Å². The largest absolute Gasteiger partial charge is 0.268 e. The molecule has 0 atom stereocenters. The van der Waals surface area contributed by atoms with Crippen LogP contribution in [0.1, 0.15) is 17.5 Å². The van der Waals surface area contributed by atoms with Gasteiger partial charge in [-0.05, 0) is 44.0 Å². The van der Waals surface area contributed by atoms with Crippen molar-refractivity contribution in [1.82, 2.24) is 13.9 Å². The molecule has 29 heavy (non-hydrogen) atoms. The van der Waals surface area contributed by atoms with Crippen molar-refractivity contribution in [2.24, 2.45) is 0 Å². The van der Waals surface area contributed by atoms with E-state index in [2.05, 4.69) is 0 Å². The fraction of sp³-hybridized carbons (Fsp3) is 0.333. The molecule has 0 spiro atoms. The van der Waals surface area contributed by atoms with E-state index < -0.39 is 10.0 Å². The molecule has 0 radical (unpaired) electrons. The van der Waals surface area contributed by atoms with E-state index in [0.29, 0.717) is 28.2 Å². The summed E-state index contributed by atoms with van der Waals surface area (Å²) >= 11 is 1.41. The predicted octanol–water partition coefficient (Wildman–Crippen LogP) is 3.38. The predicted molar refractivity (Wildman–Crippen MR) is 120 cm³/mol. The van der Waals surface area contributed by atoms with Crippen LogP contribution in [0.3, 0.4) is 0 Å². The molecule has 6 nitrogen and oxygen atoms in total. The number of hydrogen-bond acceptors (Lipinski definition) is 5. The van der Waals surface area contributed by atoms with Gasteiger partial charge in [-0.2, -0.15) is 0 Å². The van der Waals surface area contributed by atoms with Crippen LogP contribution in [-0.4, -0.2) is 47.9 Å². The van der Waals surface area contributed by atoms with Gasteiger partial charge in [0.15, 0.2) is 5.16 Å². The molecule has 3 rings (SSSR count). The lowest BCUT2D eigenvalue weighted by Gasteiger charge is -2.16. The molecule has 0 fully saturated rings. The Hall–Kier alpha value is -2.16. The topological polar surface area (TPSA) is 72.3 Å². The zero-order chi connectivity index (χ0) is 21.2. The summed E-state index contributed by atoms with van der Waals surface area (Å²) in [6, 6.07) is 13.2. The van der Waals surface area contributed by atoms with E-state index in [1.54, 1.807) is 10.6 Å². The summed E-state index contributed by atoms with van der Waals surface area (Å²) in [6.45, 7) is 3.99. The van der Waals surface area contributed by atoms with E-state index in [0.717, 1.165) is 16.8 Å². The van der Waals surface area contributed by atoms with Crippen molar-refractivity contribution < 1.29 is 8.42 Å². The number of fused-ring (bicyclic) bond motifs is 1. The van der Waals surface area contributed by atoms with Gasteiger partial charge in [0.2, 0.25) is 10.0 Å². The maximum absolute atomic E-state index is 13.3. The second-order valence-electron chi connectivity index (χ2n) is 7.14. The van der Waals surface area contributed by atoms with E-state index in [1.165, 1.54) is 30.2 Å². The van der Waals surface area contributed by atoms with Gasteiger partial charge in [-0.1, -0.05) is 41.6 Å². The number of sulfonamides is 1. The molecule has 8 heteroatoms. The molecule has 0 unspecified atom stereocenters. The van der Waals surface area contributed by atoms with Crippen LogP contribution in [0, 0.1) is 13.8 Å². The van der Waals surface area contributed by atoms with E-state index >= 15 is 0 Å². The van der Waals surface area contributed by atoms with Gasteiger partial charge in [-0.3, -0.25) is 9.36 Å². The van der Waals surface area contributed by atoms with Crippen molar-refractivity contribution in [3.05, 3.63) is 63.9 Å². The highest BCUT2D eigenvalue weighted by Gasteiger charge is 2.16. The second-order valence-corrected chi connectivity index (χ2v) is 10.5. The van der Waals surface area contributed by atoms with Crippen molar-refractivity contribution in [1.29, 1.82) is 0 Å². The van der Waals surface area contributed by atoms with Crippen LogP contribution in [-0.2, 0) is 10.0 Å². The first kappa shape index (κ1) is 21.5. The molecule has 1 heterocycles. The van der Waals surface area contributed by atoms with Gasteiger partial charge in [-0.25, -0.2) is 17.7 Å². The Balaban J connectivity index is 2.00. The van der Waals surface area contributed by atoms with E-state index in [1.807, 2.05) is 50.2 Å². The van der Waals surface area contributed by atoms with E-state index in [-0.39, 0.29) is 11.3 Å². The summed E-state index contributed by atoms with van der Waals surface area (Å²) in [6.07, 6.45) is 0.473. The number of benzene rings is 2. The summed E-state index contributed by atoms with van der Waals surface area (Å²) in [5.41, 5.74) is 3.42. The summed E-state index contributed by atoms with van der Waals surface area (Å²) in [5.74, 6) is 0.608. The molecular weight excluding hydrogens is 406 g/mol. The molecule has 2 aromatic carbocycles. The molecular formula is C21H25N3O3S2. The minimum Gasteiger partial charge on any atom is -0.268 e. The first-order valence-corrected chi connectivity index (χ1v) is 11.9. The highest BCUT2D eigenvalue weighted by molar-refractivity contribution is 7.99. The number of nitrogens with zero attached hydrogens (tertiary/aromatic N) is 3. The van der Waals surface area contributed by atoms with Gasteiger partial charge in [0.1, 0.15) is 0 Å². The first-order valence-electron chi connectivity index (χ1n) is 9.33. The van der Waals surface area contributed by atoms with Gasteiger partial charge in [-0.15, -0.1) is 0 Å². The average Bonchev–Trinajstić information content (AvgIpc) is 2.66. The van der Waals surface area contributed by atoms with E-state index in [4.69, 9.17) is 4.98 Å². The van der Waals surface area contributed by atoms with Crippen LogP contribution in [0.15, 0.2) is 52.4 Å². The standard InChI is InChI=1S/C21H25N3O3S2/c1-15-10-11-19(16(2)14-15)24-20(25)17-8-5-6-9-18(17)22-21(24)28-12-7-13-29(26,27)23(3)4/h5-6,8-11,14H,7,12-13H2,1-4H3. The normalized spacial score (nSPS) is 12.0. The monoisotopic (exact) mass is 431 g/mol. The summed E-state index contributed by atoms with van der Waals surface area (Å²) in [7, 11) is -0.172. The Morgan fingerprint density at radius 2 is 1.83 bits per heavy atom. The van der Waals surface area contributed by atoms with Crippen molar-refractivity contribution >= 4 is 32.7 Å². The van der Waals surface area contributed by atoms with Crippen molar-refractivity contribution in [2.75, 3.05) is 25.6 Å². The number of aromatic nitrogens is 2. The molecule has 0 bridgehead atoms. The number of hydrogen-bond donors (Lipinski definition) is 0. The fourth-order valence-electron chi connectivity index (χ4n) is 3.07. The smallest absolute Gasteiger partial charge is 0.266 e. The lowest BCUT2D eigenvalue weighted by atomic mass is 10.1. The van der Waals surface area contributed by atoms with Crippen molar-refractivity contribution in [3.63, 3.8) is 0 Å². The molecule has 1 aromatic heterocycles. The second kappa shape index (κ2) is 8.69. The average molecular weight is 432 g/mol. The van der Waals surface area contributed by atoms with Crippen molar-refractivity contribution in [3.8, 4) is 5.69 Å². The third kappa shape index (κ3) is 4.71. The maximum atomic E-state index is 13.3. The number of thioether (sulfide) groups is 1. The van der Waals surface area contributed by atoms with Crippen LogP contribution in [0.25, 0.3) is 16.6 Å². The first-order chi connectivity index (χ1) is 13.7. The Kier molecular flexibility index (Phi) is 6.45. The minimum atomic E-state index is -3.24. The number of aryl methyl sites for hydroxylation is 2. The van der Waals surface area contributed by atoms with Gasteiger partial charge < -0.3 is 0 Å². The molecule has 0 aliphatic carbocycles. The molecule has 0 aliphatic rings. The number of rotatable bonds is 7. The Morgan fingerprint density at radius 1 is 1.10 bits per heavy atom. The van der Waals surface area contributed by atoms with E-state index in [9.17, 15) is 13.2 Å².